The number of benzene rings is 2. The Hall–Kier alpha value is -2.11. The predicted octanol–water partition coefficient (Wildman–Crippen LogP) is 7.49. The highest BCUT2D eigenvalue weighted by Crippen LogP contribution is 2.38. The second kappa shape index (κ2) is 13.4. The number of rotatable bonds is 7. The van der Waals surface area contributed by atoms with Crippen molar-refractivity contribution in [2.45, 2.75) is 31.6 Å². The monoisotopic (exact) mass is 486 g/mol. The normalized spacial score (nSPS) is 13.4. The van der Waals surface area contributed by atoms with Crippen molar-refractivity contribution in [1.82, 2.24) is 5.32 Å². The molecular formula is C26H28Cl2N2OS. The van der Waals surface area contributed by atoms with E-state index in [-0.39, 0.29) is 0 Å². The maximum Gasteiger partial charge on any atom is 0.150 e. The Balaban J connectivity index is 0.000000534. The Morgan fingerprint density at radius 2 is 1.94 bits per heavy atom. The summed E-state index contributed by atoms with van der Waals surface area (Å²) in [6.07, 6.45) is 6.61. The lowest BCUT2D eigenvalue weighted by molar-refractivity contribution is -0.104. The van der Waals surface area contributed by atoms with Gasteiger partial charge in [0.25, 0.3) is 0 Å². The molecule has 0 bridgehead atoms. The van der Waals surface area contributed by atoms with Crippen LogP contribution in [0.3, 0.4) is 0 Å². The first-order chi connectivity index (χ1) is 15.4. The Kier molecular flexibility index (Phi) is 11.0. The van der Waals surface area contributed by atoms with Crippen LogP contribution in [0.15, 0.2) is 87.3 Å². The van der Waals surface area contributed by atoms with Crippen LogP contribution in [0.5, 0.6) is 0 Å². The Labute approximate surface area is 205 Å². The van der Waals surface area contributed by atoms with Gasteiger partial charge in [-0.2, -0.15) is 0 Å². The molecule has 1 aliphatic heterocycles. The molecule has 0 amide bonds. The molecule has 0 radical (unpaired) electrons. The Morgan fingerprint density at radius 1 is 1.19 bits per heavy atom. The first-order valence-corrected chi connectivity index (χ1v) is 12.0. The minimum atomic E-state index is 0.469. The summed E-state index contributed by atoms with van der Waals surface area (Å²) in [7, 11) is 1.98. The summed E-state index contributed by atoms with van der Waals surface area (Å²) in [6, 6.07) is 13.4. The highest BCUT2D eigenvalue weighted by molar-refractivity contribution is 8.03. The summed E-state index contributed by atoms with van der Waals surface area (Å²) in [5.74, 6) is 0. The third kappa shape index (κ3) is 7.21. The minimum absolute atomic E-state index is 0.469. The van der Waals surface area contributed by atoms with E-state index in [9.17, 15) is 4.79 Å². The molecule has 6 heteroatoms. The van der Waals surface area contributed by atoms with Gasteiger partial charge in [-0.05, 0) is 57.3 Å². The van der Waals surface area contributed by atoms with Crippen LogP contribution in [0.2, 0.25) is 10.0 Å². The van der Waals surface area contributed by atoms with Gasteiger partial charge < -0.3 is 5.32 Å². The lowest BCUT2D eigenvalue weighted by Gasteiger charge is -2.11. The SMILES string of the molecule is C=C/C(C=O)=C\C1=C(C)Sc2ccccc2C(c2ccc(Cl)cc2Cl)=N1.CCCCNC. The number of nitrogens with one attached hydrogen (secondary N) is 1. The summed E-state index contributed by atoms with van der Waals surface area (Å²) < 4.78 is 0. The second-order valence-corrected chi connectivity index (χ2v) is 9.15. The van der Waals surface area contributed by atoms with Gasteiger partial charge in [-0.15, -0.1) is 0 Å². The van der Waals surface area contributed by atoms with Crippen LogP contribution >= 0.6 is 35.0 Å². The average molecular weight is 487 g/mol. The molecule has 2 aromatic rings. The largest absolute Gasteiger partial charge is 0.320 e. The predicted molar refractivity (Wildman–Crippen MR) is 140 cm³/mol. The molecule has 3 rings (SSSR count). The number of nitrogens with zero attached hydrogens (tertiary/aromatic N) is 1. The van der Waals surface area contributed by atoms with Crippen molar-refractivity contribution in [1.29, 1.82) is 0 Å². The summed E-state index contributed by atoms with van der Waals surface area (Å²) >= 11 is 14.1. The van der Waals surface area contributed by atoms with Crippen molar-refractivity contribution in [3.8, 4) is 0 Å². The zero-order valence-electron chi connectivity index (χ0n) is 18.6. The smallest absolute Gasteiger partial charge is 0.150 e. The van der Waals surface area contributed by atoms with E-state index in [4.69, 9.17) is 28.2 Å². The standard InChI is InChI=1S/C21H15Cl2NOS.C5H13N/c1-3-14(12-25)10-19-13(2)26-20-7-5-4-6-17(20)21(24-19)16-9-8-15(22)11-18(16)23;1-3-4-5-6-2/h3-12H,1H2,2H3;6H,3-5H2,1-2H3/b14-10+;. The van der Waals surface area contributed by atoms with E-state index in [0.29, 0.717) is 21.3 Å². The van der Waals surface area contributed by atoms with Crippen LogP contribution in [0.4, 0.5) is 0 Å². The lowest BCUT2D eigenvalue weighted by Crippen LogP contribution is -2.06. The van der Waals surface area contributed by atoms with Gasteiger partial charge in [0.2, 0.25) is 0 Å². The third-order valence-corrected chi connectivity index (χ3v) is 6.28. The van der Waals surface area contributed by atoms with Crippen molar-refractivity contribution >= 4 is 47.0 Å². The van der Waals surface area contributed by atoms with E-state index < -0.39 is 0 Å². The molecule has 1 heterocycles. The van der Waals surface area contributed by atoms with Crippen LogP contribution in [0.1, 0.15) is 37.8 Å². The molecule has 0 unspecified atom stereocenters. The number of unbranched alkanes of at least 4 members (excludes halogenated alkanes) is 1. The average Bonchev–Trinajstić information content (AvgIpc) is 2.92. The van der Waals surface area contributed by atoms with Crippen LogP contribution in [0, 0.1) is 0 Å². The molecule has 1 aliphatic rings. The Morgan fingerprint density at radius 3 is 2.53 bits per heavy atom. The molecule has 3 nitrogen and oxygen atoms in total. The molecule has 32 heavy (non-hydrogen) atoms. The van der Waals surface area contributed by atoms with Gasteiger partial charge in [-0.1, -0.05) is 79.2 Å². The molecule has 168 valence electrons. The van der Waals surface area contributed by atoms with E-state index in [1.807, 2.05) is 44.3 Å². The van der Waals surface area contributed by atoms with Crippen LogP contribution < -0.4 is 5.32 Å². The van der Waals surface area contributed by atoms with Gasteiger partial charge in [0, 0.05) is 31.5 Å². The number of carbonyl (C=O) groups is 1. The van der Waals surface area contributed by atoms with E-state index in [0.717, 1.165) is 39.5 Å². The molecule has 0 atom stereocenters. The summed E-state index contributed by atoms with van der Waals surface area (Å²) in [6.45, 7) is 9.01. The maximum atomic E-state index is 11.2. The number of hydrogen-bond acceptors (Lipinski definition) is 4. The van der Waals surface area contributed by atoms with E-state index in [1.165, 1.54) is 18.9 Å². The summed E-state index contributed by atoms with van der Waals surface area (Å²) in [5.41, 5.74) is 3.68. The lowest BCUT2D eigenvalue weighted by atomic mass is 10.0. The maximum absolute atomic E-state index is 11.2. The van der Waals surface area contributed by atoms with Gasteiger partial charge in [0.15, 0.2) is 0 Å². The second-order valence-electron chi connectivity index (χ2n) is 7.05. The van der Waals surface area contributed by atoms with Crippen molar-refractivity contribution < 1.29 is 4.79 Å². The quantitative estimate of drug-likeness (QED) is 0.190. The van der Waals surface area contributed by atoms with Crippen LogP contribution in [-0.2, 0) is 4.79 Å². The molecule has 0 aromatic heterocycles. The van der Waals surface area contributed by atoms with E-state index in [2.05, 4.69) is 18.8 Å². The fourth-order valence-corrected chi connectivity index (χ4v) is 4.36. The zero-order chi connectivity index (χ0) is 23.5. The topological polar surface area (TPSA) is 41.5 Å². The first-order valence-electron chi connectivity index (χ1n) is 10.4. The number of fused-ring (bicyclic) bond motifs is 1. The molecule has 0 saturated carbocycles. The van der Waals surface area contributed by atoms with Crippen molar-refractivity contribution in [3.63, 3.8) is 0 Å². The summed E-state index contributed by atoms with van der Waals surface area (Å²) in [4.78, 5) is 18.1. The number of aldehydes is 1. The number of thioether (sulfide) groups is 1. The van der Waals surface area contributed by atoms with Gasteiger partial charge in [0.1, 0.15) is 6.29 Å². The number of aliphatic imine (C=N–C) groups is 1. The van der Waals surface area contributed by atoms with Gasteiger partial charge >= 0.3 is 0 Å². The number of allylic oxidation sites excluding steroid dienone is 4. The van der Waals surface area contributed by atoms with Gasteiger partial charge in [-0.3, -0.25) is 4.79 Å². The molecule has 0 saturated heterocycles. The van der Waals surface area contributed by atoms with E-state index in [1.54, 1.807) is 30.0 Å². The zero-order valence-corrected chi connectivity index (χ0v) is 20.9. The number of hydrogen-bond donors (Lipinski definition) is 1. The molecule has 2 aromatic carbocycles. The Bertz CT molecular complexity index is 1040. The first kappa shape index (κ1) is 26.1. The highest BCUT2D eigenvalue weighted by atomic mass is 35.5. The van der Waals surface area contributed by atoms with Crippen LogP contribution in [-0.4, -0.2) is 25.6 Å². The van der Waals surface area contributed by atoms with Gasteiger partial charge in [0.05, 0.1) is 16.4 Å². The fourth-order valence-electron chi connectivity index (χ4n) is 2.90. The van der Waals surface area contributed by atoms with Crippen molar-refractivity contribution in [2.75, 3.05) is 13.6 Å². The molecular weight excluding hydrogens is 459 g/mol. The van der Waals surface area contributed by atoms with E-state index >= 15 is 0 Å². The molecule has 1 N–H and O–H groups in total. The fraction of sp³-hybridized carbons (Fsp3) is 0.231. The highest BCUT2D eigenvalue weighted by Gasteiger charge is 2.20. The number of carbonyl (C=O) groups excluding carboxylic acids is 1. The number of halogens is 2. The van der Waals surface area contributed by atoms with Gasteiger partial charge in [-0.25, -0.2) is 4.99 Å². The minimum Gasteiger partial charge on any atom is -0.320 e. The molecule has 0 aliphatic carbocycles. The summed E-state index contributed by atoms with van der Waals surface area (Å²) in [5, 5.41) is 4.16. The molecule has 0 spiro atoms. The van der Waals surface area contributed by atoms with Crippen molar-refractivity contribution in [2.24, 2.45) is 4.99 Å². The third-order valence-electron chi connectivity index (χ3n) is 4.64. The van der Waals surface area contributed by atoms with Crippen molar-refractivity contribution in [3.05, 3.63) is 98.5 Å². The van der Waals surface area contributed by atoms with Crippen LogP contribution in [0.25, 0.3) is 0 Å². The molecule has 0 fully saturated rings.